The van der Waals surface area contributed by atoms with E-state index in [1.165, 1.54) is 16.5 Å². The molecule has 3 amide bonds. The maximum absolute atomic E-state index is 13.8. The van der Waals surface area contributed by atoms with Crippen molar-refractivity contribution in [2.45, 2.75) is 52.1 Å². The number of hydrogen-bond donors (Lipinski definition) is 2. The van der Waals surface area contributed by atoms with E-state index in [1.807, 2.05) is 47.5 Å². The Morgan fingerprint density at radius 3 is 2.45 bits per heavy atom. The lowest BCUT2D eigenvalue weighted by atomic mass is 10.1. The number of rotatable bonds is 10. The van der Waals surface area contributed by atoms with E-state index in [1.54, 1.807) is 4.90 Å². The first-order chi connectivity index (χ1) is 18.5. The Kier molecular flexibility index (Phi) is 7.78. The van der Waals surface area contributed by atoms with Crippen LogP contribution < -0.4 is 5.32 Å². The molecular weight excluding hydrogens is 472 g/mol. The number of benzene rings is 3. The third kappa shape index (κ3) is 6.08. The van der Waals surface area contributed by atoms with Crippen LogP contribution in [0.3, 0.4) is 0 Å². The standard InChI is InChI=1S/C32H36N4O2/c1-3-25-8-4-6-10-29(25)34-32(38)36(27-16-17-27)22-31(37)35(21-24-14-12-23(2)13-15-24)19-18-26-20-33-30-11-7-5-9-28(26)30/h4-15,20,27,33H,3,16-19,21-22H2,1-2H3,(H,34,38). The largest absolute Gasteiger partial charge is 0.361 e. The van der Waals surface area contributed by atoms with Crippen molar-refractivity contribution < 1.29 is 9.59 Å². The van der Waals surface area contributed by atoms with E-state index in [-0.39, 0.29) is 24.5 Å². The Morgan fingerprint density at radius 1 is 0.947 bits per heavy atom. The summed E-state index contributed by atoms with van der Waals surface area (Å²) < 4.78 is 0. The molecule has 0 atom stereocenters. The average molecular weight is 509 g/mol. The molecule has 1 fully saturated rings. The second kappa shape index (κ2) is 11.5. The minimum atomic E-state index is -0.200. The number of carbonyl (C=O) groups excluding carboxylic acids is 2. The normalized spacial score (nSPS) is 12.9. The van der Waals surface area contributed by atoms with Gasteiger partial charge in [0.1, 0.15) is 6.54 Å². The molecule has 1 aliphatic rings. The molecule has 196 valence electrons. The second-order valence-electron chi connectivity index (χ2n) is 10.2. The highest BCUT2D eigenvalue weighted by Gasteiger charge is 2.35. The minimum Gasteiger partial charge on any atom is -0.361 e. The van der Waals surface area contributed by atoms with E-state index in [0.717, 1.165) is 48.0 Å². The number of aromatic amines is 1. The molecule has 0 aliphatic heterocycles. The van der Waals surface area contributed by atoms with E-state index < -0.39 is 0 Å². The SMILES string of the molecule is CCc1ccccc1NC(=O)N(CC(=O)N(CCc1c[nH]c2ccccc12)Cc1ccc(C)cc1)C1CC1. The maximum Gasteiger partial charge on any atom is 0.322 e. The van der Waals surface area contributed by atoms with Gasteiger partial charge in [-0.15, -0.1) is 0 Å². The number of H-pyrrole nitrogens is 1. The van der Waals surface area contributed by atoms with Gasteiger partial charge in [0, 0.05) is 41.9 Å². The van der Waals surface area contributed by atoms with Crippen LogP contribution in [0.2, 0.25) is 0 Å². The number of carbonyl (C=O) groups is 2. The number of hydrogen-bond acceptors (Lipinski definition) is 2. The highest BCUT2D eigenvalue weighted by molar-refractivity contribution is 5.93. The number of aryl methyl sites for hydroxylation is 2. The average Bonchev–Trinajstić information content (AvgIpc) is 3.70. The summed E-state index contributed by atoms with van der Waals surface area (Å²) in [5.74, 6) is -0.0313. The summed E-state index contributed by atoms with van der Waals surface area (Å²) in [4.78, 5) is 34.1. The molecule has 0 saturated heterocycles. The van der Waals surface area contributed by atoms with E-state index >= 15 is 0 Å². The van der Waals surface area contributed by atoms with Crippen LogP contribution >= 0.6 is 0 Å². The summed E-state index contributed by atoms with van der Waals surface area (Å²) in [6, 6.07) is 24.3. The zero-order valence-corrected chi connectivity index (χ0v) is 22.2. The molecule has 0 unspecified atom stereocenters. The lowest BCUT2D eigenvalue weighted by molar-refractivity contribution is -0.132. The fourth-order valence-electron chi connectivity index (χ4n) is 4.94. The summed E-state index contributed by atoms with van der Waals surface area (Å²) in [7, 11) is 0. The Morgan fingerprint density at radius 2 is 1.68 bits per heavy atom. The Balaban J connectivity index is 1.32. The second-order valence-corrected chi connectivity index (χ2v) is 10.2. The predicted molar refractivity (Wildman–Crippen MR) is 153 cm³/mol. The predicted octanol–water partition coefficient (Wildman–Crippen LogP) is 6.31. The molecule has 0 spiro atoms. The molecule has 6 heteroatoms. The van der Waals surface area contributed by atoms with Crippen molar-refractivity contribution in [2.75, 3.05) is 18.4 Å². The van der Waals surface area contributed by atoms with Gasteiger partial charge in [0.15, 0.2) is 0 Å². The zero-order chi connectivity index (χ0) is 26.5. The highest BCUT2D eigenvalue weighted by atomic mass is 16.2. The first kappa shape index (κ1) is 25.6. The number of urea groups is 1. The van der Waals surface area contributed by atoms with Crippen molar-refractivity contribution in [1.82, 2.24) is 14.8 Å². The van der Waals surface area contributed by atoms with Gasteiger partial charge in [0.2, 0.25) is 5.91 Å². The molecule has 3 aromatic carbocycles. The monoisotopic (exact) mass is 508 g/mol. The molecular formula is C32H36N4O2. The summed E-state index contributed by atoms with van der Waals surface area (Å²) in [5, 5.41) is 4.25. The zero-order valence-electron chi connectivity index (χ0n) is 22.2. The number of nitrogens with zero attached hydrogens (tertiary/aromatic N) is 2. The first-order valence-electron chi connectivity index (χ1n) is 13.6. The summed E-state index contributed by atoms with van der Waals surface area (Å²) in [6.07, 6.45) is 5.47. The van der Waals surface area contributed by atoms with Gasteiger partial charge >= 0.3 is 6.03 Å². The molecule has 1 aromatic heterocycles. The van der Waals surface area contributed by atoms with Crippen molar-refractivity contribution >= 4 is 28.5 Å². The fraction of sp³-hybridized carbons (Fsp3) is 0.312. The Hall–Kier alpha value is -4.06. The molecule has 6 nitrogen and oxygen atoms in total. The summed E-state index contributed by atoms with van der Waals surface area (Å²) >= 11 is 0. The fourth-order valence-corrected chi connectivity index (χ4v) is 4.94. The maximum atomic E-state index is 13.8. The van der Waals surface area contributed by atoms with Crippen molar-refractivity contribution in [3.63, 3.8) is 0 Å². The van der Waals surface area contributed by atoms with Crippen molar-refractivity contribution in [2.24, 2.45) is 0 Å². The van der Waals surface area contributed by atoms with Crippen molar-refractivity contribution in [1.29, 1.82) is 0 Å². The van der Waals surface area contributed by atoms with Crippen LogP contribution in [0.5, 0.6) is 0 Å². The smallest absolute Gasteiger partial charge is 0.322 e. The number of aromatic nitrogens is 1. The van der Waals surface area contributed by atoms with Gasteiger partial charge in [-0.3, -0.25) is 4.79 Å². The Labute approximate surface area is 224 Å². The third-order valence-corrected chi connectivity index (χ3v) is 7.37. The van der Waals surface area contributed by atoms with Crippen LogP contribution in [-0.4, -0.2) is 45.9 Å². The molecule has 0 radical (unpaired) electrons. The quantitative estimate of drug-likeness (QED) is 0.264. The van der Waals surface area contributed by atoms with Gasteiger partial charge in [-0.05, 0) is 61.4 Å². The van der Waals surface area contributed by atoms with Crippen LogP contribution in [0, 0.1) is 6.92 Å². The van der Waals surface area contributed by atoms with Crippen LogP contribution in [0.25, 0.3) is 10.9 Å². The van der Waals surface area contributed by atoms with E-state index in [2.05, 4.69) is 60.5 Å². The van der Waals surface area contributed by atoms with Gasteiger partial charge in [0.05, 0.1) is 0 Å². The first-order valence-corrected chi connectivity index (χ1v) is 13.6. The molecule has 5 rings (SSSR count). The third-order valence-electron chi connectivity index (χ3n) is 7.37. The molecule has 4 aromatic rings. The topological polar surface area (TPSA) is 68.4 Å². The van der Waals surface area contributed by atoms with E-state index in [0.29, 0.717) is 13.1 Å². The highest BCUT2D eigenvalue weighted by Crippen LogP contribution is 2.28. The molecule has 1 heterocycles. The van der Waals surface area contributed by atoms with Crippen LogP contribution in [0.15, 0.2) is 79.0 Å². The number of amides is 3. The van der Waals surface area contributed by atoms with Gasteiger partial charge in [-0.2, -0.15) is 0 Å². The molecule has 1 saturated carbocycles. The van der Waals surface area contributed by atoms with Crippen LogP contribution in [0.1, 0.15) is 42.0 Å². The van der Waals surface area contributed by atoms with Gasteiger partial charge in [-0.25, -0.2) is 4.79 Å². The summed E-state index contributed by atoms with van der Waals surface area (Å²) in [5.41, 5.74) is 6.46. The summed E-state index contributed by atoms with van der Waals surface area (Å²) in [6.45, 7) is 5.30. The molecule has 2 N–H and O–H groups in total. The van der Waals surface area contributed by atoms with E-state index in [4.69, 9.17) is 0 Å². The lowest BCUT2D eigenvalue weighted by Gasteiger charge is -2.28. The van der Waals surface area contributed by atoms with Crippen LogP contribution in [-0.2, 0) is 24.2 Å². The van der Waals surface area contributed by atoms with Crippen molar-refractivity contribution in [3.05, 3.63) is 101 Å². The van der Waals surface area contributed by atoms with Gasteiger partial charge in [0.25, 0.3) is 0 Å². The number of anilines is 1. The lowest BCUT2D eigenvalue weighted by Crippen LogP contribution is -2.46. The Bertz CT molecular complexity index is 1400. The van der Waals surface area contributed by atoms with Crippen LogP contribution in [0.4, 0.5) is 10.5 Å². The molecule has 38 heavy (non-hydrogen) atoms. The van der Waals surface area contributed by atoms with Crippen molar-refractivity contribution in [3.8, 4) is 0 Å². The number of fused-ring (bicyclic) bond motifs is 1. The number of nitrogens with one attached hydrogen (secondary N) is 2. The molecule has 1 aliphatic carbocycles. The molecule has 0 bridgehead atoms. The van der Waals surface area contributed by atoms with E-state index in [9.17, 15) is 9.59 Å². The van der Waals surface area contributed by atoms with Gasteiger partial charge in [-0.1, -0.05) is 73.2 Å². The number of para-hydroxylation sites is 2. The minimum absolute atomic E-state index is 0.0313. The van der Waals surface area contributed by atoms with Gasteiger partial charge < -0.3 is 20.1 Å².